The Morgan fingerprint density at radius 2 is 2.04 bits per heavy atom. The lowest BCUT2D eigenvalue weighted by Crippen LogP contribution is -2.20. The van der Waals surface area contributed by atoms with Gasteiger partial charge in [-0.3, -0.25) is 14.9 Å². The normalized spacial score (nSPS) is 10.3. The number of aryl methyl sites for hydroxylation is 1. The first kappa shape index (κ1) is 17.1. The van der Waals surface area contributed by atoms with Crippen LogP contribution in [0.2, 0.25) is 0 Å². The zero-order valence-corrected chi connectivity index (χ0v) is 13.8. The summed E-state index contributed by atoms with van der Waals surface area (Å²) in [6.07, 6.45) is 5.05. The molecule has 1 aromatic carbocycles. The molecule has 2 aromatic rings. The van der Waals surface area contributed by atoms with Crippen LogP contribution in [0.4, 0.5) is 5.13 Å². The van der Waals surface area contributed by atoms with Crippen molar-refractivity contribution >= 4 is 28.7 Å². The average molecular weight is 333 g/mol. The maximum absolute atomic E-state index is 11.8. The van der Waals surface area contributed by atoms with Gasteiger partial charge in [0.25, 0.3) is 5.91 Å². The molecule has 7 heteroatoms. The van der Waals surface area contributed by atoms with Gasteiger partial charge in [0.15, 0.2) is 6.61 Å². The van der Waals surface area contributed by atoms with Gasteiger partial charge in [-0.15, -0.1) is 10.2 Å². The van der Waals surface area contributed by atoms with E-state index in [2.05, 4.69) is 22.4 Å². The molecule has 0 bridgehead atoms. The van der Waals surface area contributed by atoms with Crippen molar-refractivity contribution in [3.63, 3.8) is 0 Å². The van der Waals surface area contributed by atoms with Gasteiger partial charge in [0, 0.05) is 12.0 Å². The molecule has 0 aliphatic rings. The van der Waals surface area contributed by atoms with E-state index in [1.807, 2.05) is 0 Å². The number of aromatic nitrogens is 2. The summed E-state index contributed by atoms with van der Waals surface area (Å²) in [5.41, 5.74) is 0.561. The Kier molecular flexibility index (Phi) is 6.68. The van der Waals surface area contributed by atoms with Gasteiger partial charge >= 0.3 is 0 Å². The summed E-state index contributed by atoms with van der Waals surface area (Å²) in [5, 5.41) is 12.1. The summed E-state index contributed by atoms with van der Waals surface area (Å²) >= 11 is 1.39. The second-order valence-electron chi connectivity index (χ2n) is 4.98. The molecule has 0 saturated heterocycles. The Morgan fingerprint density at radius 3 is 2.74 bits per heavy atom. The average Bonchev–Trinajstić information content (AvgIpc) is 3.01. The largest absolute Gasteiger partial charge is 0.484 e. The highest BCUT2D eigenvalue weighted by Gasteiger charge is 2.09. The van der Waals surface area contributed by atoms with E-state index >= 15 is 0 Å². The first-order valence-corrected chi connectivity index (χ1v) is 8.33. The van der Waals surface area contributed by atoms with E-state index in [0.29, 0.717) is 16.4 Å². The molecule has 0 saturated carbocycles. The fraction of sp³-hybridized carbons (Fsp3) is 0.375. The van der Waals surface area contributed by atoms with Crippen molar-refractivity contribution in [3.05, 3.63) is 34.8 Å². The van der Waals surface area contributed by atoms with Crippen LogP contribution in [-0.2, 0) is 11.2 Å². The standard InChI is InChI=1S/C16H19N3O3S/c1-2-3-4-5-15-18-19-16(23-15)17-14(21)11-22-13-8-6-12(10-20)7-9-13/h6-10H,2-5,11H2,1H3,(H,17,19,21). The fourth-order valence-corrected chi connectivity index (χ4v) is 2.68. The van der Waals surface area contributed by atoms with E-state index in [4.69, 9.17) is 4.74 Å². The number of amides is 1. The van der Waals surface area contributed by atoms with Crippen LogP contribution in [0, 0.1) is 0 Å². The molecule has 0 aliphatic carbocycles. The number of benzene rings is 1. The number of nitrogens with zero attached hydrogens (tertiary/aromatic N) is 2. The van der Waals surface area contributed by atoms with Crippen molar-refractivity contribution in [2.24, 2.45) is 0 Å². The van der Waals surface area contributed by atoms with E-state index in [1.54, 1.807) is 24.3 Å². The predicted molar refractivity (Wildman–Crippen MR) is 89.1 cm³/mol. The van der Waals surface area contributed by atoms with Gasteiger partial charge < -0.3 is 4.74 Å². The van der Waals surface area contributed by atoms with Crippen LogP contribution in [0.3, 0.4) is 0 Å². The Hall–Kier alpha value is -2.28. The highest BCUT2D eigenvalue weighted by molar-refractivity contribution is 7.15. The Morgan fingerprint density at radius 1 is 1.26 bits per heavy atom. The van der Waals surface area contributed by atoms with Gasteiger partial charge in [-0.2, -0.15) is 0 Å². The van der Waals surface area contributed by atoms with Crippen LogP contribution in [0.25, 0.3) is 0 Å². The lowest BCUT2D eigenvalue weighted by Gasteiger charge is -2.05. The number of ether oxygens (including phenoxy) is 1. The minimum absolute atomic E-state index is 0.120. The Balaban J connectivity index is 1.76. The molecule has 23 heavy (non-hydrogen) atoms. The molecule has 0 fully saturated rings. The molecular weight excluding hydrogens is 314 g/mol. The maximum Gasteiger partial charge on any atom is 0.264 e. The van der Waals surface area contributed by atoms with Gasteiger partial charge in [0.1, 0.15) is 17.0 Å². The van der Waals surface area contributed by atoms with E-state index in [9.17, 15) is 9.59 Å². The summed E-state index contributed by atoms with van der Waals surface area (Å²) in [6, 6.07) is 6.56. The van der Waals surface area contributed by atoms with Crippen LogP contribution in [0.5, 0.6) is 5.75 Å². The van der Waals surface area contributed by atoms with Crippen molar-refractivity contribution in [2.45, 2.75) is 32.6 Å². The number of unbranched alkanes of at least 4 members (excludes halogenated alkanes) is 2. The lowest BCUT2D eigenvalue weighted by atomic mass is 10.2. The number of hydrogen-bond donors (Lipinski definition) is 1. The molecule has 2 rings (SSSR count). The molecule has 0 atom stereocenters. The van der Waals surface area contributed by atoms with Crippen molar-refractivity contribution in [2.75, 3.05) is 11.9 Å². The molecule has 0 radical (unpaired) electrons. The summed E-state index contributed by atoms with van der Waals surface area (Å²) in [4.78, 5) is 22.4. The molecule has 1 amide bonds. The third-order valence-corrected chi connectivity index (χ3v) is 3.99. The summed E-state index contributed by atoms with van der Waals surface area (Å²) < 4.78 is 5.35. The SMILES string of the molecule is CCCCCc1nnc(NC(=O)COc2ccc(C=O)cc2)s1. The quantitative estimate of drug-likeness (QED) is 0.563. The predicted octanol–water partition coefficient (Wildman–Crippen LogP) is 3.10. The number of anilines is 1. The molecule has 1 heterocycles. The number of hydrogen-bond acceptors (Lipinski definition) is 6. The van der Waals surface area contributed by atoms with E-state index < -0.39 is 0 Å². The van der Waals surface area contributed by atoms with Crippen molar-refractivity contribution in [1.82, 2.24) is 10.2 Å². The zero-order valence-electron chi connectivity index (χ0n) is 12.9. The van der Waals surface area contributed by atoms with Gasteiger partial charge in [-0.25, -0.2) is 0 Å². The zero-order chi connectivity index (χ0) is 16.5. The van der Waals surface area contributed by atoms with Gasteiger partial charge in [0.2, 0.25) is 5.13 Å². The minimum atomic E-state index is -0.291. The molecule has 0 spiro atoms. The van der Waals surface area contributed by atoms with E-state index in [1.165, 1.54) is 11.3 Å². The summed E-state index contributed by atoms with van der Waals surface area (Å²) in [6.45, 7) is 2.03. The van der Waals surface area contributed by atoms with Crippen LogP contribution < -0.4 is 10.1 Å². The lowest BCUT2D eigenvalue weighted by molar-refractivity contribution is -0.118. The second kappa shape index (κ2) is 8.99. The number of aldehydes is 1. The fourth-order valence-electron chi connectivity index (χ4n) is 1.88. The number of carbonyl (C=O) groups excluding carboxylic acids is 2. The first-order chi connectivity index (χ1) is 11.2. The highest BCUT2D eigenvalue weighted by atomic mass is 32.1. The van der Waals surface area contributed by atoms with Gasteiger partial charge in [0.05, 0.1) is 0 Å². The number of rotatable bonds is 9. The van der Waals surface area contributed by atoms with Crippen LogP contribution in [0.15, 0.2) is 24.3 Å². The summed E-state index contributed by atoms with van der Waals surface area (Å²) in [5.74, 6) is 0.240. The van der Waals surface area contributed by atoms with Crippen LogP contribution in [0.1, 0.15) is 41.6 Å². The smallest absolute Gasteiger partial charge is 0.264 e. The van der Waals surface area contributed by atoms with Crippen molar-refractivity contribution in [3.8, 4) is 5.75 Å². The maximum atomic E-state index is 11.8. The molecule has 0 aliphatic heterocycles. The number of nitrogens with one attached hydrogen (secondary N) is 1. The topological polar surface area (TPSA) is 81.2 Å². The minimum Gasteiger partial charge on any atom is -0.484 e. The van der Waals surface area contributed by atoms with Crippen LogP contribution >= 0.6 is 11.3 Å². The van der Waals surface area contributed by atoms with Gasteiger partial charge in [-0.1, -0.05) is 31.1 Å². The third kappa shape index (κ3) is 5.78. The first-order valence-electron chi connectivity index (χ1n) is 7.51. The Labute approximate surface area is 138 Å². The van der Waals surface area contributed by atoms with Crippen molar-refractivity contribution < 1.29 is 14.3 Å². The Bertz CT molecular complexity index is 640. The molecule has 1 N–H and O–H groups in total. The molecular formula is C16H19N3O3S. The molecule has 0 unspecified atom stereocenters. The van der Waals surface area contributed by atoms with E-state index in [-0.39, 0.29) is 12.5 Å². The second-order valence-corrected chi connectivity index (χ2v) is 6.04. The summed E-state index contributed by atoms with van der Waals surface area (Å²) in [7, 11) is 0. The van der Waals surface area contributed by atoms with Crippen molar-refractivity contribution in [1.29, 1.82) is 0 Å². The molecule has 1 aromatic heterocycles. The van der Waals surface area contributed by atoms with Gasteiger partial charge in [-0.05, 0) is 30.7 Å². The number of carbonyl (C=O) groups is 2. The molecule has 122 valence electrons. The third-order valence-electron chi connectivity index (χ3n) is 3.09. The molecule has 6 nitrogen and oxygen atoms in total. The van der Waals surface area contributed by atoms with Crippen LogP contribution in [-0.4, -0.2) is 29.0 Å². The van der Waals surface area contributed by atoms with E-state index in [0.717, 1.165) is 37.0 Å². The monoisotopic (exact) mass is 333 g/mol. The highest BCUT2D eigenvalue weighted by Crippen LogP contribution is 2.17.